The Bertz CT molecular complexity index is 914. The molecule has 1 heterocycles. The van der Waals surface area contributed by atoms with E-state index in [-0.39, 0.29) is 10.9 Å². The highest BCUT2D eigenvalue weighted by molar-refractivity contribution is 7.90. The molecule has 0 unspecified atom stereocenters. The van der Waals surface area contributed by atoms with Gasteiger partial charge in [0.1, 0.15) is 0 Å². The van der Waals surface area contributed by atoms with E-state index in [9.17, 15) is 8.42 Å². The third-order valence-electron chi connectivity index (χ3n) is 3.39. The van der Waals surface area contributed by atoms with Crippen molar-refractivity contribution in [3.63, 3.8) is 0 Å². The van der Waals surface area contributed by atoms with Gasteiger partial charge in [0.2, 0.25) is 15.0 Å². The minimum absolute atomic E-state index is 0.0219. The molecule has 21 heavy (non-hydrogen) atoms. The summed E-state index contributed by atoms with van der Waals surface area (Å²) in [5.41, 5.74) is 9.19. The van der Waals surface area contributed by atoms with Crippen LogP contribution in [0, 0.1) is 6.92 Å². The van der Waals surface area contributed by atoms with Crippen molar-refractivity contribution in [3.05, 3.63) is 53.6 Å². The maximum Gasteiger partial charge on any atom is 0.226 e. The molecule has 2 aromatic carbocycles. The first-order valence-corrected chi connectivity index (χ1v) is 8.13. The number of fused-ring (bicyclic) bond motifs is 1. The standard InChI is InChI=1S/C15H15N3O2S/c1-10-4-2-3-5-11(10)9-21(19,20)15-17-13-7-6-12(16)8-14(13)18-15/h2-8H,9,16H2,1H3,(H,17,18). The number of nitrogens with two attached hydrogens (primary N) is 1. The normalized spacial score (nSPS) is 11.9. The van der Waals surface area contributed by atoms with Crippen molar-refractivity contribution < 1.29 is 8.42 Å². The van der Waals surface area contributed by atoms with Crippen LogP contribution in [-0.4, -0.2) is 18.4 Å². The van der Waals surface area contributed by atoms with E-state index in [1.54, 1.807) is 18.2 Å². The van der Waals surface area contributed by atoms with Gasteiger partial charge >= 0.3 is 0 Å². The maximum atomic E-state index is 12.5. The Morgan fingerprint density at radius 1 is 1.19 bits per heavy atom. The minimum atomic E-state index is -3.52. The lowest BCUT2D eigenvalue weighted by atomic mass is 10.1. The number of nitrogens with one attached hydrogen (secondary N) is 1. The van der Waals surface area contributed by atoms with Crippen LogP contribution >= 0.6 is 0 Å². The first kappa shape index (κ1) is 13.6. The quantitative estimate of drug-likeness (QED) is 0.727. The smallest absolute Gasteiger partial charge is 0.226 e. The fourth-order valence-electron chi connectivity index (χ4n) is 2.20. The second-order valence-electron chi connectivity index (χ2n) is 5.00. The van der Waals surface area contributed by atoms with Gasteiger partial charge in [-0.25, -0.2) is 13.4 Å². The molecule has 0 saturated carbocycles. The molecule has 1 aromatic heterocycles. The van der Waals surface area contributed by atoms with Gasteiger partial charge in [-0.1, -0.05) is 24.3 Å². The molecule has 3 aromatic rings. The highest BCUT2D eigenvalue weighted by Crippen LogP contribution is 2.21. The van der Waals surface area contributed by atoms with Gasteiger partial charge in [-0.15, -0.1) is 0 Å². The minimum Gasteiger partial charge on any atom is -0.399 e. The predicted octanol–water partition coefficient (Wildman–Crippen LogP) is 2.43. The molecule has 108 valence electrons. The van der Waals surface area contributed by atoms with Crippen LogP contribution in [0.2, 0.25) is 0 Å². The van der Waals surface area contributed by atoms with E-state index < -0.39 is 9.84 Å². The van der Waals surface area contributed by atoms with Crippen molar-refractivity contribution in [1.29, 1.82) is 0 Å². The number of anilines is 1. The molecule has 0 atom stereocenters. The number of rotatable bonds is 3. The van der Waals surface area contributed by atoms with Crippen LogP contribution in [0.5, 0.6) is 0 Å². The van der Waals surface area contributed by atoms with Gasteiger partial charge in [-0.3, -0.25) is 0 Å². The molecule has 0 aliphatic heterocycles. The van der Waals surface area contributed by atoms with Crippen LogP contribution in [0.1, 0.15) is 11.1 Å². The fraction of sp³-hybridized carbons (Fsp3) is 0.133. The number of H-pyrrole nitrogens is 1. The first-order chi connectivity index (χ1) is 9.95. The van der Waals surface area contributed by atoms with E-state index in [0.717, 1.165) is 11.1 Å². The molecule has 0 amide bonds. The van der Waals surface area contributed by atoms with Crippen LogP contribution in [0.4, 0.5) is 5.69 Å². The number of sulfone groups is 1. The number of aromatic nitrogens is 2. The zero-order chi connectivity index (χ0) is 15.0. The highest BCUT2D eigenvalue weighted by Gasteiger charge is 2.20. The number of nitrogens with zero attached hydrogens (tertiary/aromatic N) is 1. The van der Waals surface area contributed by atoms with Gasteiger partial charge in [-0.2, -0.15) is 0 Å². The molecule has 3 N–H and O–H groups in total. The summed E-state index contributed by atoms with van der Waals surface area (Å²) >= 11 is 0. The molecule has 0 spiro atoms. The molecule has 0 fully saturated rings. The molecule has 0 aliphatic carbocycles. The molecular formula is C15H15N3O2S. The highest BCUT2D eigenvalue weighted by atomic mass is 32.2. The zero-order valence-corrected chi connectivity index (χ0v) is 12.3. The number of hydrogen-bond donors (Lipinski definition) is 2. The molecule has 0 bridgehead atoms. The number of aryl methyl sites for hydroxylation is 1. The van der Waals surface area contributed by atoms with Crippen LogP contribution < -0.4 is 5.73 Å². The average molecular weight is 301 g/mol. The molecule has 6 heteroatoms. The van der Waals surface area contributed by atoms with Crippen LogP contribution in [0.3, 0.4) is 0 Å². The van der Waals surface area contributed by atoms with Gasteiger partial charge in [0.25, 0.3) is 0 Å². The van der Waals surface area contributed by atoms with E-state index in [2.05, 4.69) is 9.97 Å². The SMILES string of the molecule is Cc1ccccc1CS(=O)(=O)c1nc2ccc(N)cc2[nH]1. The van der Waals surface area contributed by atoms with Crippen molar-refractivity contribution in [2.75, 3.05) is 5.73 Å². The molecule has 0 saturated heterocycles. The Kier molecular flexibility index (Phi) is 3.17. The molecule has 5 nitrogen and oxygen atoms in total. The van der Waals surface area contributed by atoms with Crippen LogP contribution in [0.25, 0.3) is 11.0 Å². The van der Waals surface area contributed by atoms with E-state index in [1.807, 2.05) is 31.2 Å². The first-order valence-electron chi connectivity index (χ1n) is 6.48. The lowest BCUT2D eigenvalue weighted by molar-refractivity contribution is 0.588. The number of nitrogen functional groups attached to an aromatic ring is 1. The van der Waals surface area contributed by atoms with Gasteiger partial charge < -0.3 is 10.7 Å². The van der Waals surface area contributed by atoms with E-state index in [0.29, 0.717) is 16.7 Å². The molecule has 0 radical (unpaired) electrons. The van der Waals surface area contributed by atoms with Crippen molar-refractivity contribution in [2.45, 2.75) is 17.8 Å². The number of benzene rings is 2. The lowest BCUT2D eigenvalue weighted by Crippen LogP contribution is -2.07. The number of aromatic amines is 1. The Morgan fingerprint density at radius 3 is 2.71 bits per heavy atom. The summed E-state index contributed by atoms with van der Waals surface area (Å²) in [4.78, 5) is 6.99. The Balaban J connectivity index is 2.02. The number of hydrogen-bond acceptors (Lipinski definition) is 4. The second-order valence-corrected chi connectivity index (χ2v) is 6.91. The summed E-state index contributed by atoms with van der Waals surface area (Å²) in [6, 6.07) is 12.5. The number of imidazole rings is 1. The van der Waals surface area contributed by atoms with Crippen LogP contribution in [0.15, 0.2) is 47.6 Å². The van der Waals surface area contributed by atoms with Crippen molar-refractivity contribution in [3.8, 4) is 0 Å². The van der Waals surface area contributed by atoms with Crippen molar-refractivity contribution in [1.82, 2.24) is 9.97 Å². The molecule has 0 aliphatic rings. The Morgan fingerprint density at radius 2 is 1.95 bits per heavy atom. The average Bonchev–Trinajstić information content (AvgIpc) is 2.85. The summed E-state index contributed by atoms with van der Waals surface area (Å²) in [5.74, 6) is -0.0744. The van der Waals surface area contributed by atoms with Crippen molar-refractivity contribution in [2.24, 2.45) is 0 Å². The van der Waals surface area contributed by atoms with Gasteiger partial charge in [0.05, 0.1) is 16.8 Å². The molecule has 3 rings (SSSR count). The second kappa shape index (κ2) is 4.89. The van der Waals surface area contributed by atoms with E-state index >= 15 is 0 Å². The maximum absolute atomic E-state index is 12.5. The van der Waals surface area contributed by atoms with Crippen LogP contribution in [-0.2, 0) is 15.6 Å². The third kappa shape index (κ3) is 2.62. The summed E-state index contributed by atoms with van der Waals surface area (Å²) in [5, 5.41) is -0.0219. The topological polar surface area (TPSA) is 88.8 Å². The fourth-order valence-corrected chi connectivity index (χ4v) is 3.57. The largest absolute Gasteiger partial charge is 0.399 e. The van der Waals surface area contributed by atoms with Crippen molar-refractivity contribution >= 4 is 26.6 Å². The summed E-state index contributed by atoms with van der Waals surface area (Å²) in [6.07, 6.45) is 0. The van der Waals surface area contributed by atoms with E-state index in [4.69, 9.17) is 5.73 Å². The van der Waals surface area contributed by atoms with E-state index in [1.165, 1.54) is 0 Å². The predicted molar refractivity (Wildman–Crippen MR) is 82.6 cm³/mol. The Labute approximate surface area is 122 Å². The summed E-state index contributed by atoms with van der Waals surface area (Å²) < 4.78 is 25.0. The van der Waals surface area contributed by atoms with Gasteiger partial charge in [-0.05, 0) is 36.2 Å². The van der Waals surface area contributed by atoms with Gasteiger partial charge in [0.15, 0.2) is 0 Å². The Hall–Kier alpha value is -2.34. The monoisotopic (exact) mass is 301 g/mol. The third-order valence-corrected chi connectivity index (χ3v) is 4.86. The summed E-state index contributed by atoms with van der Waals surface area (Å²) in [6.45, 7) is 1.89. The lowest BCUT2D eigenvalue weighted by Gasteiger charge is -2.04. The van der Waals surface area contributed by atoms with Gasteiger partial charge in [0, 0.05) is 5.69 Å². The summed E-state index contributed by atoms with van der Waals surface area (Å²) in [7, 11) is -3.52. The zero-order valence-electron chi connectivity index (χ0n) is 11.5. The molecular weight excluding hydrogens is 286 g/mol.